The van der Waals surface area contributed by atoms with Crippen LogP contribution in [0.3, 0.4) is 0 Å². The van der Waals surface area contributed by atoms with Gasteiger partial charge in [-0.3, -0.25) is 9.78 Å². The number of nitrogens with zero attached hydrogens (tertiary/aromatic N) is 4. The van der Waals surface area contributed by atoms with Crippen molar-refractivity contribution in [3.8, 4) is 17.1 Å². The molecule has 5 rings (SSSR count). The first-order chi connectivity index (χ1) is 15.6. The number of methoxy groups -OCH3 is 1. The van der Waals surface area contributed by atoms with Crippen LogP contribution in [0.1, 0.15) is 0 Å². The van der Waals surface area contributed by atoms with E-state index in [4.69, 9.17) is 9.15 Å². The number of ether oxygens (including phenoxy) is 1. The molecule has 160 valence electrons. The Hall–Kier alpha value is -3.85. The first-order valence-corrected chi connectivity index (χ1v) is 10.8. The highest BCUT2D eigenvalue weighted by Gasteiger charge is 2.16. The molecule has 5 aromatic rings. The average molecular weight is 446 g/mol. The van der Waals surface area contributed by atoms with Crippen LogP contribution in [0, 0.1) is 0 Å². The Balaban J connectivity index is 1.33. The quantitative estimate of drug-likeness (QED) is 0.384. The van der Waals surface area contributed by atoms with Gasteiger partial charge in [0.25, 0.3) is 0 Å². The van der Waals surface area contributed by atoms with E-state index in [2.05, 4.69) is 20.5 Å². The van der Waals surface area contributed by atoms with Crippen molar-refractivity contribution in [1.82, 2.24) is 19.7 Å². The van der Waals surface area contributed by atoms with Gasteiger partial charge in [0.15, 0.2) is 11.0 Å². The van der Waals surface area contributed by atoms with E-state index in [1.54, 1.807) is 25.6 Å². The first-order valence-electron chi connectivity index (χ1n) is 9.86. The number of carbonyl (C=O) groups excluding carboxylic acids is 1. The van der Waals surface area contributed by atoms with Crippen molar-refractivity contribution >= 4 is 45.3 Å². The highest BCUT2D eigenvalue weighted by atomic mass is 32.2. The molecule has 3 heterocycles. The van der Waals surface area contributed by atoms with E-state index in [-0.39, 0.29) is 11.7 Å². The minimum absolute atomic E-state index is 0.170. The lowest BCUT2D eigenvalue weighted by atomic mass is 10.1. The summed E-state index contributed by atoms with van der Waals surface area (Å²) in [7, 11) is 3.45. The number of thioether (sulfide) groups is 1. The van der Waals surface area contributed by atoms with Crippen LogP contribution < -0.4 is 10.1 Å². The maximum atomic E-state index is 12.7. The molecule has 0 atom stereocenters. The number of hydrogen-bond donors (Lipinski definition) is 1. The molecule has 2 aromatic carbocycles. The van der Waals surface area contributed by atoms with E-state index in [0.717, 1.165) is 21.9 Å². The van der Waals surface area contributed by atoms with E-state index in [0.29, 0.717) is 28.0 Å². The Kier molecular flexibility index (Phi) is 5.24. The summed E-state index contributed by atoms with van der Waals surface area (Å²) in [6.07, 6.45) is 3.41. The lowest BCUT2D eigenvalue weighted by molar-refractivity contribution is -0.113. The summed E-state index contributed by atoms with van der Waals surface area (Å²) in [5, 5.41) is 13.9. The Labute approximate surface area is 187 Å². The zero-order valence-electron chi connectivity index (χ0n) is 17.4. The average Bonchev–Trinajstić information content (AvgIpc) is 3.37. The number of fused-ring (bicyclic) bond motifs is 3. The second-order valence-corrected chi connectivity index (χ2v) is 8.03. The van der Waals surface area contributed by atoms with Crippen LogP contribution in [0.25, 0.3) is 33.3 Å². The zero-order chi connectivity index (χ0) is 22.1. The molecule has 0 aliphatic heterocycles. The normalized spacial score (nSPS) is 11.2. The number of benzene rings is 2. The fraction of sp³-hybridized carbons (Fsp3) is 0.130. The van der Waals surface area contributed by atoms with Gasteiger partial charge in [-0.15, -0.1) is 10.2 Å². The molecule has 8 nitrogen and oxygen atoms in total. The Morgan fingerprint density at radius 1 is 1.09 bits per heavy atom. The van der Waals surface area contributed by atoms with Crippen molar-refractivity contribution in [3.05, 3.63) is 60.9 Å². The minimum atomic E-state index is -0.183. The van der Waals surface area contributed by atoms with Crippen LogP contribution in [0.2, 0.25) is 0 Å². The fourth-order valence-electron chi connectivity index (χ4n) is 3.53. The van der Waals surface area contributed by atoms with Crippen molar-refractivity contribution < 1.29 is 13.9 Å². The van der Waals surface area contributed by atoms with Crippen molar-refractivity contribution in [2.45, 2.75) is 5.16 Å². The fourth-order valence-corrected chi connectivity index (χ4v) is 4.24. The number of anilines is 1. The summed E-state index contributed by atoms with van der Waals surface area (Å²) in [6.45, 7) is 0. The molecule has 1 amide bonds. The van der Waals surface area contributed by atoms with E-state index >= 15 is 0 Å². The summed E-state index contributed by atoms with van der Waals surface area (Å²) >= 11 is 1.31. The van der Waals surface area contributed by atoms with Gasteiger partial charge >= 0.3 is 0 Å². The molecule has 0 fully saturated rings. The third kappa shape index (κ3) is 3.67. The molecule has 0 saturated carbocycles. The van der Waals surface area contributed by atoms with Crippen LogP contribution in [-0.4, -0.2) is 38.5 Å². The lowest BCUT2D eigenvalue weighted by Crippen LogP contribution is -2.15. The monoisotopic (exact) mass is 445 g/mol. The molecule has 1 N–H and O–H groups in total. The van der Waals surface area contributed by atoms with Gasteiger partial charge in [0.2, 0.25) is 5.91 Å². The molecule has 0 bridgehead atoms. The predicted octanol–water partition coefficient (Wildman–Crippen LogP) is 4.52. The molecular weight excluding hydrogens is 426 g/mol. The summed E-state index contributed by atoms with van der Waals surface area (Å²) < 4.78 is 13.3. The summed E-state index contributed by atoms with van der Waals surface area (Å²) in [5.41, 5.74) is 2.94. The molecule has 0 saturated heterocycles. The van der Waals surface area contributed by atoms with Gasteiger partial charge in [-0.25, -0.2) is 0 Å². The number of pyridine rings is 1. The maximum absolute atomic E-state index is 12.7. The van der Waals surface area contributed by atoms with E-state index in [9.17, 15) is 4.79 Å². The topological polar surface area (TPSA) is 95.1 Å². The molecule has 0 aliphatic carbocycles. The van der Waals surface area contributed by atoms with Crippen molar-refractivity contribution in [2.24, 2.45) is 7.05 Å². The third-order valence-electron chi connectivity index (χ3n) is 5.08. The smallest absolute Gasteiger partial charge is 0.234 e. The van der Waals surface area contributed by atoms with Crippen molar-refractivity contribution in [2.75, 3.05) is 18.2 Å². The Morgan fingerprint density at radius 2 is 1.91 bits per heavy atom. The van der Waals surface area contributed by atoms with Gasteiger partial charge in [0, 0.05) is 41.8 Å². The highest BCUT2D eigenvalue weighted by Crippen LogP contribution is 2.36. The summed E-state index contributed by atoms with van der Waals surface area (Å²) in [5.74, 6) is 1.27. The minimum Gasteiger partial charge on any atom is -0.495 e. The van der Waals surface area contributed by atoms with Crippen LogP contribution in [0.5, 0.6) is 5.75 Å². The van der Waals surface area contributed by atoms with Gasteiger partial charge < -0.3 is 19.0 Å². The standard InChI is InChI=1S/C23H19N5O3S/c1-28-22(14-7-9-24-10-8-14)26-27-23(28)32-13-21(29)25-17-12-19-16(11-20(17)30-2)15-5-3-4-6-18(15)31-19/h3-12H,13H2,1-2H3,(H,25,29). The Bertz CT molecular complexity index is 1430. The van der Waals surface area contributed by atoms with E-state index in [1.165, 1.54) is 11.8 Å². The number of para-hydroxylation sites is 1. The summed E-state index contributed by atoms with van der Waals surface area (Å²) in [6, 6.07) is 15.2. The first kappa shape index (κ1) is 20.1. The largest absolute Gasteiger partial charge is 0.495 e. The predicted molar refractivity (Wildman–Crippen MR) is 124 cm³/mol. The van der Waals surface area contributed by atoms with Gasteiger partial charge in [0.05, 0.1) is 18.6 Å². The number of carbonyl (C=O) groups is 1. The number of aromatic nitrogens is 4. The molecule has 0 unspecified atom stereocenters. The Morgan fingerprint density at radius 3 is 2.72 bits per heavy atom. The van der Waals surface area contributed by atoms with Gasteiger partial charge in [-0.1, -0.05) is 30.0 Å². The van der Waals surface area contributed by atoms with Gasteiger partial charge in [0.1, 0.15) is 16.9 Å². The summed E-state index contributed by atoms with van der Waals surface area (Å²) in [4.78, 5) is 16.7. The van der Waals surface area contributed by atoms with Crippen molar-refractivity contribution in [3.63, 3.8) is 0 Å². The van der Waals surface area contributed by atoms with Crippen LogP contribution in [0.15, 0.2) is 70.5 Å². The molecule has 0 aliphatic rings. The number of furan rings is 1. The number of hydrogen-bond acceptors (Lipinski definition) is 7. The number of nitrogens with one attached hydrogen (secondary N) is 1. The highest BCUT2D eigenvalue weighted by molar-refractivity contribution is 7.99. The van der Waals surface area contributed by atoms with Crippen LogP contribution in [-0.2, 0) is 11.8 Å². The van der Waals surface area contributed by atoms with E-state index in [1.807, 2.05) is 54.1 Å². The van der Waals surface area contributed by atoms with Gasteiger partial charge in [-0.05, 0) is 24.3 Å². The third-order valence-corrected chi connectivity index (χ3v) is 6.10. The maximum Gasteiger partial charge on any atom is 0.234 e. The van der Waals surface area contributed by atoms with Crippen LogP contribution in [0.4, 0.5) is 5.69 Å². The SMILES string of the molecule is COc1cc2c(cc1NC(=O)CSc1nnc(-c3ccncc3)n1C)oc1ccccc12. The number of amides is 1. The molecule has 9 heteroatoms. The second kappa shape index (κ2) is 8.35. The van der Waals surface area contributed by atoms with E-state index < -0.39 is 0 Å². The lowest BCUT2D eigenvalue weighted by Gasteiger charge is -2.10. The van der Waals surface area contributed by atoms with Gasteiger partial charge in [-0.2, -0.15) is 0 Å². The molecule has 0 radical (unpaired) electrons. The second-order valence-electron chi connectivity index (χ2n) is 7.08. The molecule has 32 heavy (non-hydrogen) atoms. The van der Waals surface area contributed by atoms with Crippen molar-refractivity contribution in [1.29, 1.82) is 0 Å². The molecule has 3 aromatic heterocycles. The number of rotatable bonds is 6. The zero-order valence-corrected chi connectivity index (χ0v) is 18.2. The molecule has 0 spiro atoms. The van der Waals surface area contributed by atoms with Crippen LogP contribution >= 0.6 is 11.8 Å². The molecular formula is C23H19N5O3S.